The van der Waals surface area contributed by atoms with Crippen LogP contribution >= 0.6 is 0 Å². The van der Waals surface area contributed by atoms with Crippen molar-refractivity contribution < 1.29 is 9.59 Å². The predicted octanol–water partition coefficient (Wildman–Crippen LogP) is 3.94. The van der Waals surface area contributed by atoms with Gasteiger partial charge >= 0.3 is 0 Å². The maximum Gasteiger partial charge on any atom is 0.236 e. The largest absolute Gasteiger partial charge is 0.368 e. The topological polar surface area (TPSA) is 102 Å². The number of carbonyl (C=O) groups excluding carboxylic acids is 2. The average molecular weight is 425 g/mol. The molecule has 4 aromatic rings. The Bertz CT molecular complexity index is 1290. The number of Topliss-reactive ketones (excluding diaryl/α,β-unsaturated/α-hetero) is 1. The smallest absolute Gasteiger partial charge is 0.236 e. The van der Waals surface area contributed by atoms with Gasteiger partial charge in [0.25, 0.3) is 0 Å². The highest BCUT2D eigenvalue weighted by molar-refractivity contribution is 5.96. The Kier molecular flexibility index (Phi) is 5.15. The van der Waals surface area contributed by atoms with E-state index in [4.69, 9.17) is 5.73 Å². The number of amides is 1. The molecule has 0 atom stereocenters. The van der Waals surface area contributed by atoms with Gasteiger partial charge in [0.15, 0.2) is 17.2 Å². The maximum absolute atomic E-state index is 12.4. The first-order chi connectivity index (χ1) is 15.6. The van der Waals surface area contributed by atoms with Crippen LogP contribution in [0, 0.1) is 5.92 Å². The first-order valence-corrected chi connectivity index (χ1v) is 10.7. The summed E-state index contributed by atoms with van der Waals surface area (Å²) in [5.74, 6) is 0.766. The van der Waals surface area contributed by atoms with Gasteiger partial charge < -0.3 is 11.1 Å². The molecule has 0 radical (unpaired) electrons. The number of anilines is 1. The number of fused-ring (bicyclic) bond motifs is 1. The fourth-order valence-corrected chi connectivity index (χ4v) is 3.77. The molecule has 0 saturated heterocycles. The zero-order valence-corrected chi connectivity index (χ0v) is 17.5. The number of nitrogens with two attached hydrogens (primary N) is 1. The van der Waals surface area contributed by atoms with Crippen molar-refractivity contribution in [2.45, 2.75) is 19.3 Å². The van der Waals surface area contributed by atoms with E-state index in [9.17, 15) is 9.59 Å². The first kappa shape index (κ1) is 19.9. The van der Waals surface area contributed by atoms with Crippen LogP contribution in [0.1, 0.15) is 29.6 Å². The van der Waals surface area contributed by atoms with Crippen LogP contribution in [-0.2, 0) is 4.79 Å². The van der Waals surface area contributed by atoms with E-state index in [-0.39, 0.29) is 12.3 Å². The maximum atomic E-state index is 12.4. The van der Waals surface area contributed by atoms with Crippen LogP contribution in [0.25, 0.3) is 28.2 Å². The SMILES string of the molecule is NC(=O)CNc1nc(-c2ccccc2)cn2c(-c3ccc(C(=O)CC4CC4)cc3)cnc12. The lowest BCUT2D eigenvalue weighted by molar-refractivity contribution is -0.116. The summed E-state index contributed by atoms with van der Waals surface area (Å²) < 4.78 is 1.94. The van der Waals surface area contributed by atoms with Gasteiger partial charge in [-0.3, -0.25) is 14.0 Å². The van der Waals surface area contributed by atoms with Crippen LogP contribution in [0.5, 0.6) is 0 Å². The van der Waals surface area contributed by atoms with E-state index in [0.29, 0.717) is 23.8 Å². The van der Waals surface area contributed by atoms with Crippen LogP contribution in [0.2, 0.25) is 0 Å². The number of hydrogen-bond acceptors (Lipinski definition) is 5. The number of aromatic nitrogens is 3. The van der Waals surface area contributed by atoms with Gasteiger partial charge in [-0.15, -0.1) is 0 Å². The normalized spacial score (nSPS) is 13.2. The molecule has 2 aromatic heterocycles. The highest BCUT2D eigenvalue weighted by Crippen LogP contribution is 2.34. The molecular weight excluding hydrogens is 402 g/mol. The fraction of sp³-hybridized carbons (Fsp3) is 0.200. The molecule has 2 aromatic carbocycles. The third-order valence-electron chi connectivity index (χ3n) is 5.67. The van der Waals surface area contributed by atoms with Crippen LogP contribution in [0.3, 0.4) is 0 Å². The number of nitrogens with one attached hydrogen (secondary N) is 1. The molecule has 1 aliphatic carbocycles. The Morgan fingerprint density at radius 3 is 2.47 bits per heavy atom. The zero-order valence-electron chi connectivity index (χ0n) is 17.5. The molecule has 5 rings (SSSR count). The quantitative estimate of drug-likeness (QED) is 0.416. The minimum atomic E-state index is -0.478. The lowest BCUT2D eigenvalue weighted by Crippen LogP contribution is -2.22. The zero-order chi connectivity index (χ0) is 22.1. The van der Waals surface area contributed by atoms with E-state index in [1.807, 2.05) is 65.2 Å². The second-order valence-corrected chi connectivity index (χ2v) is 8.15. The summed E-state index contributed by atoms with van der Waals surface area (Å²) >= 11 is 0. The molecule has 1 amide bonds. The van der Waals surface area contributed by atoms with Crippen molar-refractivity contribution in [3.05, 3.63) is 72.6 Å². The molecule has 1 saturated carbocycles. The van der Waals surface area contributed by atoms with E-state index in [1.165, 1.54) is 0 Å². The summed E-state index contributed by atoms with van der Waals surface area (Å²) in [6.07, 6.45) is 6.65. The summed E-state index contributed by atoms with van der Waals surface area (Å²) in [6.45, 7) is -0.0408. The molecule has 2 heterocycles. The number of nitrogens with zero attached hydrogens (tertiary/aromatic N) is 3. The van der Waals surface area contributed by atoms with Crippen LogP contribution in [-0.4, -0.2) is 32.6 Å². The van der Waals surface area contributed by atoms with Gasteiger partial charge in [-0.25, -0.2) is 9.97 Å². The number of ketones is 1. The van der Waals surface area contributed by atoms with E-state index >= 15 is 0 Å². The highest BCUT2D eigenvalue weighted by Gasteiger charge is 2.25. The summed E-state index contributed by atoms with van der Waals surface area (Å²) in [5, 5.41) is 3.00. The Morgan fingerprint density at radius 1 is 1.03 bits per heavy atom. The van der Waals surface area contributed by atoms with Crippen molar-refractivity contribution >= 4 is 23.2 Å². The Labute approximate surface area is 185 Å². The predicted molar refractivity (Wildman–Crippen MR) is 123 cm³/mol. The van der Waals surface area contributed by atoms with E-state index in [2.05, 4.69) is 15.3 Å². The van der Waals surface area contributed by atoms with Crippen LogP contribution in [0.15, 0.2) is 67.0 Å². The minimum absolute atomic E-state index is 0.0408. The van der Waals surface area contributed by atoms with Crippen molar-refractivity contribution in [3.63, 3.8) is 0 Å². The van der Waals surface area contributed by atoms with Crippen molar-refractivity contribution in [2.75, 3.05) is 11.9 Å². The van der Waals surface area contributed by atoms with Gasteiger partial charge in [0.05, 0.1) is 24.1 Å². The van der Waals surface area contributed by atoms with Crippen molar-refractivity contribution in [1.82, 2.24) is 14.4 Å². The van der Waals surface area contributed by atoms with Gasteiger partial charge in [0, 0.05) is 29.3 Å². The number of benzene rings is 2. The standard InChI is InChI=1S/C25H23N5O2/c26-23(32)14-27-24-25-28-13-21(30(25)15-20(29-24)17-4-2-1-3-5-17)18-8-10-19(11-9-18)22(31)12-16-6-7-16/h1-5,8-11,13,15-16H,6-7,12,14H2,(H2,26,32)(H,27,29). The Morgan fingerprint density at radius 2 is 1.78 bits per heavy atom. The molecule has 32 heavy (non-hydrogen) atoms. The van der Waals surface area contributed by atoms with Gasteiger partial charge in [0.1, 0.15) is 0 Å². The molecule has 0 spiro atoms. The van der Waals surface area contributed by atoms with Crippen molar-refractivity contribution in [1.29, 1.82) is 0 Å². The van der Waals surface area contributed by atoms with E-state index in [1.54, 1.807) is 6.20 Å². The van der Waals surface area contributed by atoms with Crippen LogP contribution in [0.4, 0.5) is 5.82 Å². The molecule has 160 valence electrons. The molecule has 7 nitrogen and oxygen atoms in total. The third kappa shape index (κ3) is 4.09. The molecule has 1 aliphatic rings. The van der Waals surface area contributed by atoms with Gasteiger partial charge in [-0.05, 0) is 18.8 Å². The Hall–Kier alpha value is -4.00. The fourth-order valence-electron chi connectivity index (χ4n) is 3.77. The van der Waals surface area contributed by atoms with Crippen molar-refractivity contribution in [2.24, 2.45) is 11.7 Å². The number of hydrogen-bond donors (Lipinski definition) is 2. The van der Waals surface area contributed by atoms with Gasteiger partial charge in [0.2, 0.25) is 5.91 Å². The molecule has 1 fully saturated rings. The monoisotopic (exact) mass is 425 g/mol. The van der Waals surface area contributed by atoms with Gasteiger partial charge in [-0.1, -0.05) is 54.6 Å². The summed E-state index contributed by atoms with van der Waals surface area (Å²) in [6, 6.07) is 17.4. The average Bonchev–Trinajstić information content (AvgIpc) is 3.53. The second-order valence-electron chi connectivity index (χ2n) is 8.15. The number of rotatable bonds is 8. The Balaban J connectivity index is 1.55. The molecule has 3 N–H and O–H groups in total. The first-order valence-electron chi connectivity index (χ1n) is 10.7. The molecule has 7 heteroatoms. The number of carbonyl (C=O) groups is 2. The highest BCUT2D eigenvalue weighted by atomic mass is 16.1. The molecular formula is C25H23N5O2. The number of imidazole rings is 1. The third-order valence-corrected chi connectivity index (χ3v) is 5.67. The van der Waals surface area contributed by atoms with E-state index in [0.717, 1.165) is 40.9 Å². The molecule has 0 aliphatic heterocycles. The molecule has 0 unspecified atom stereocenters. The lowest BCUT2D eigenvalue weighted by Gasteiger charge is -2.11. The van der Waals surface area contributed by atoms with E-state index < -0.39 is 5.91 Å². The number of primary amides is 1. The van der Waals surface area contributed by atoms with Crippen LogP contribution < -0.4 is 11.1 Å². The second kappa shape index (κ2) is 8.26. The summed E-state index contributed by atoms with van der Waals surface area (Å²) in [4.78, 5) is 32.9. The van der Waals surface area contributed by atoms with Gasteiger partial charge in [-0.2, -0.15) is 0 Å². The molecule has 0 bridgehead atoms. The summed E-state index contributed by atoms with van der Waals surface area (Å²) in [7, 11) is 0. The minimum Gasteiger partial charge on any atom is -0.368 e. The lowest BCUT2D eigenvalue weighted by atomic mass is 10.0. The summed E-state index contributed by atoms with van der Waals surface area (Å²) in [5.41, 5.74) is 10.1. The van der Waals surface area contributed by atoms with Crippen molar-refractivity contribution in [3.8, 4) is 22.5 Å².